The van der Waals surface area contributed by atoms with Crippen molar-refractivity contribution >= 4 is 23.2 Å². The average Bonchev–Trinajstić information content (AvgIpc) is 2.92. The van der Waals surface area contributed by atoms with E-state index in [1.54, 1.807) is 17.0 Å². The van der Waals surface area contributed by atoms with E-state index in [4.69, 9.17) is 0 Å². The van der Waals surface area contributed by atoms with Crippen molar-refractivity contribution in [2.45, 2.75) is 65.0 Å². The van der Waals surface area contributed by atoms with E-state index in [1.165, 1.54) is 6.42 Å². The molecule has 1 fully saturated rings. The minimum atomic E-state index is -0.398. The summed E-state index contributed by atoms with van der Waals surface area (Å²) in [7, 11) is 0. The summed E-state index contributed by atoms with van der Waals surface area (Å²) in [4.78, 5) is 30.6. The third-order valence-corrected chi connectivity index (χ3v) is 7.99. The van der Waals surface area contributed by atoms with Gasteiger partial charge in [-0.15, -0.1) is 0 Å². The number of aliphatic hydroxyl groups excluding tert-OH is 1. The molecule has 1 aliphatic carbocycles. The van der Waals surface area contributed by atoms with Crippen LogP contribution in [0.5, 0.6) is 5.75 Å². The Morgan fingerprint density at radius 2 is 1.87 bits per heavy atom. The van der Waals surface area contributed by atoms with Gasteiger partial charge in [-0.1, -0.05) is 70.0 Å². The monoisotopic (exact) mass is 515 g/mol. The number of allylic oxidation sites excluding steroid dienone is 2. The van der Waals surface area contributed by atoms with Crippen LogP contribution in [0.2, 0.25) is 0 Å². The quantitative estimate of drug-likeness (QED) is 0.369. The van der Waals surface area contributed by atoms with Gasteiger partial charge in [0.05, 0.1) is 29.6 Å². The maximum absolute atomic E-state index is 13.7. The summed E-state index contributed by atoms with van der Waals surface area (Å²) < 4.78 is 0. The van der Waals surface area contributed by atoms with E-state index >= 15 is 0 Å². The fourth-order valence-electron chi connectivity index (χ4n) is 5.99. The number of nitrogens with zero attached hydrogens (tertiary/aromatic N) is 2. The van der Waals surface area contributed by atoms with Gasteiger partial charge in [0, 0.05) is 18.3 Å². The van der Waals surface area contributed by atoms with Gasteiger partial charge in [0.2, 0.25) is 0 Å². The molecular weight excluding hydrogens is 478 g/mol. The van der Waals surface area contributed by atoms with Crippen LogP contribution in [-0.2, 0) is 17.8 Å². The lowest BCUT2D eigenvalue weighted by Gasteiger charge is -2.39. The van der Waals surface area contributed by atoms with Crippen LogP contribution in [0, 0.1) is 11.8 Å². The molecule has 2 aromatic carbocycles. The molecule has 3 aliphatic rings. The molecule has 0 spiro atoms. The number of phenols is 1. The Balaban J connectivity index is 1.53. The Bertz CT molecular complexity index is 1290. The maximum Gasteiger partial charge on any atom is 0.272 e. The van der Waals surface area contributed by atoms with Crippen LogP contribution < -0.4 is 10.2 Å². The fourth-order valence-corrected chi connectivity index (χ4v) is 5.99. The Labute approximate surface area is 224 Å². The SMILES string of the molecule is C=C(C1CCCCC1)N1/C(=C\C(C)C)C(=O)Nc2cc(C(=O)N3Cc4ccccc4CC3CO)c(O)cc21. The molecule has 1 atom stereocenters. The second-order valence-corrected chi connectivity index (χ2v) is 11.0. The van der Waals surface area contributed by atoms with Crippen molar-refractivity contribution in [2.24, 2.45) is 11.8 Å². The molecule has 7 nitrogen and oxygen atoms in total. The van der Waals surface area contributed by atoms with Crippen molar-refractivity contribution in [2.75, 3.05) is 16.8 Å². The number of phenolic OH excluding ortho intramolecular Hbond substituents is 1. The third-order valence-electron chi connectivity index (χ3n) is 7.99. The van der Waals surface area contributed by atoms with Crippen LogP contribution in [-0.4, -0.2) is 39.6 Å². The normalized spacial score (nSPS) is 20.8. The molecule has 0 bridgehead atoms. The number of aliphatic hydroxyl groups is 1. The number of carbonyl (C=O) groups excluding carboxylic acids is 2. The molecule has 7 heteroatoms. The van der Waals surface area contributed by atoms with Gasteiger partial charge in [-0.05, 0) is 48.3 Å². The lowest BCUT2D eigenvalue weighted by molar-refractivity contribution is -0.113. The first-order chi connectivity index (χ1) is 18.3. The lowest BCUT2D eigenvalue weighted by atomic mass is 9.86. The van der Waals surface area contributed by atoms with E-state index in [1.807, 2.05) is 49.1 Å². The molecule has 38 heavy (non-hydrogen) atoms. The van der Waals surface area contributed by atoms with Crippen molar-refractivity contribution in [1.29, 1.82) is 0 Å². The maximum atomic E-state index is 13.7. The van der Waals surface area contributed by atoms with Crippen LogP contribution in [0.3, 0.4) is 0 Å². The van der Waals surface area contributed by atoms with Crippen molar-refractivity contribution < 1.29 is 19.8 Å². The molecule has 200 valence electrons. The van der Waals surface area contributed by atoms with Crippen molar-refractivity contribution in [3.8, 4) is 5.75 Å². The second kappa shape index (κ2) is 10.7. The topological polar surface area (TPSA) is 93.1 Å². The van der Waals surface area contributed by atoms with Crippen LogP contribution >= 0.6 is 0 Å². The van der Waals surface area contributed by atoms with E-state index in [-0.39, 0.29) is 41.6 Å². The summed E-state index contributed by atoms with van der Waals surface area (Å²) in [6.45, 7) is 8.62. The minimum absolute atomic E-state index is 0.0985. The second-order valence-electron chi connectivity index (χ2n) is 11.0. The summed E-state index contributed by atoms with van der Waals surface area (Å²) in [5.41, 5.74) is 4.65. The first-order valence-corrected chi connectivity index (χ1v) is 13.7. The minimum Gasteiger partial charge on any atom is -0.507 e. The van der Waals surface area contributed by atoms with Gasteiger partial charge in [0.15, 0.2) is 0 Å². The van der Waals surface area contributed by atoms with Crippen molar-refractivity contribution in [3.05, 3.63) is 77.1 Å². The first-order valence-electron chi connectivity index (χ1n) is 13.7. The van der Waals surface area contributed by atoms with Crippen LogP contribution in [0.25, 0.3) is 0 Å². The van der Waals surface area contributed by atoms with Gasteiger partial charge in [0.1, 0.15) is 11.4 Å². The van der Waals surface area contributed by atoms with E-state index in [0.29, 0.717) is 30.0 Å². The Morgan fingerprint density at radius 3 is 2.55 bits per heavy atom. The smallest absolute Gasteiger partial charge is 0.272 e. The number of aromatic hydroxyl groups is 1. The van der Waals surface area contributed by atoms with Crippen molar-refractivity contribution in [3.63, 3.8) is 0 Å². The molecule has 1 unspecified atom stereocenters. The number of hydrogen-bond donors (Lipinski definition) is 3. The predicted molar refractivity (Wildman–Crippen MR) is 149 cm³/mol. The number of anilines is 2. The molecule has 2 amide bonds. The molecule has 0 saturated heterocycles. The molecule has 2 aliphatic heterocycles. The first kappa shape index (κ1) is 26.0. The summed E-state index contributed by atoms with van der Waals surface area (Å²) >= 11 is 0. The van der Waals surface area contributed by atoms with Gasteiger partial charge in [-0.25, -0.2) is 0 Å². The number of fused-ring (bicyclic) bond motifs is 2. The zero-order valence-corrected chi connectivity index (χ0v) is 22.2. The highest BCUT2D eigenvalue weighted by atomic mass is 16.3. The number of hydrogen-bond acceptors (Lipinski definition) is 5. The highest BCUT2D eigenvalue weighted by Crippen LogP contribution is 2.44. The zero-order valence-electron chi connectivity index (χ0n) is 22.2. The average molecular weight is 516 g/mol. The van der Waals surface area contributed by atoms with Gasteiger partial charge in [-0.3, -0.25) is 9.59 Å². The van der Waals surface area contributed by atoms with E-state index in [2.05, 4.69) is 11.9 Å². The zero-order chi connectivity index (χ0) is 27.0. The van der Waals surface area contributed by atoms with E-state index in [0.717, 1.165) is 42.5 Å². The highest BCUT2D eigenvalue weighted by molar-refractivity contribution is 6.14. The summed E-state index contributed by atoms with van der Waals surface area (Å²) in [6, 6.07) is 10.6. The molecule has 0 aromatic heterocycles. The van der Waals surface area contributed by atoms with Gasteiger partial charge in [-0.2, -0.15) is 0 Å². The summed E-state index contributed by atoms with van der Waals surface area (Å²) in [5, 5.41) is 24.2. The predicted octanol–water partition coefficient (Wildman–Crippen LogP) is 5.34. The molecular formula is C31H37N3O4. The molecule has 2 heterocycles. The number of benzene rings is 2. The van der Waals surface area contributed by atoms with Gasteiger partial charge < -0.3 is 25.3 Å². The van der Waals surface area contributed by atoms with Crippen LogP contribution in [0.4, 0.5) is 11.4 Å². The molecule has 1 saturated carbocycles. The van der Waals surface area contributed by atoms with Crippen LogP contribution in [0.15, 0.2) is 60.4 Å². The van der Waals surface area contributed by atoms with Gasteiger partial charge >= 0.3 is 0 Å². The third kappa shape index (κ3) is 4.83. The molecule has 5 rings (SSSR count). The van der Waals surface area contributed by atoms with Gasteiger partial charge in [0.25, 0.3) is 11.8 Å². The molecule has 2 aromatic rings. The van der Waals surface area contributed by atoms with E-state index < -0.39 is 6.04 Å². The number of nitrogens with one attached hydrogen (secondary N) is 1. The number of rotatable bonds is 5. The molecule has 0 radical (unpaired) electrons. The fraction of sp³-hybridized carbons (Fsp3) is 0.419. The summed E-state index contributed by atoms with van der Waals surface area (Å²) in [6.07, 6.45) is 7.95. The number of carbonyl (C=O) groups is 2. The van der Waals surface area contributed by atoms with E-state index in [9.17, 15) is 19.8 Å². The molecule has 3 N–H and O–H groups in total. The highest BCUT2D eigenvalue weighted by Gasteiger charge is 2.36. The van der Waals surface area contributed by atoms with Crippen LogP contribution in [0.1, 0.15) is 67.4 Å². The largest absolute Gasteiger partial charge is 0.507 e. The Hall–Kier alpha value is -3.58. The lowest BCUT2D eigenvalue weighted by Crippen LogP contribution is -2.46. The number of amides is 2. The Morgan fingerprint density at radius 1 is 1.16 bits per heavy atom. The van der Waals surface area contributed by atoms with Crippen molar-refractivity contribution in [1.82, 2.24) is 4.90 Å². The summed E-state index contributed by atoms with van der Waals surface area (Å²) in [5.74, 6) is -0.418. The Kier molecular flexibility index (Phi) is 7.30. The standard InChI is InChI=1S/C31H37N3O4/c1-19(2)13-28-30(37)32-26-15-25(29(36)16-27(26)34(28)20(3)21-9-5-4-6-10-21)31(38)33-17-23-12-8-7-11-22(23)14-24(33)18-35/h7-8,11-13,15-16,19,21,24,35-36H,3-6,9-10,14,17-18H2,1-2H3,(H,32,37)/b28-13-.